The lowest BCUT2D eigenvalue weighted by molar-refractivity contribution is 0.526. The average Bonchev–Trinajstić information content (AvgIpc) is 2.42. The topological polar surface area (TPSA) is 12.0 Å². The Morgan fingerprint density at radius 1 is 1.05 bits per heavy atom. The van der Waals surface area contributed by atoms with Crippen LogP contribution in [0.4, 0.5) is 10.1 Å². The summed E-state index contributed by atoms with van der Waals surface area (Å²) in [6.07, 6.45) is 9.79. The van der Waals surface area contributed by atoms with Crippen LogP contribution in [0.3, 0.4) is 0 Å². The van der Waals surface area contributed by atoms with Crippen molar-refractivity contribution in [1.82, 2.24) is 0 Å². The number of rotatable bonds is 10. The highest BCUT2D eigenvalue weighted by atomic mass is 35.5. The van der Waals surface area contributed by atoms with Crippen LogP contribution in [0, 0.1) is 5.82 Å². The van der Waals surface area contributed by atoms with Gasteiger partial charge >= 0.3 is 0 Å². The number of hydrogen-bond acceptors (Lipinski definition) is 1. The summed E-state index contributed by atoms with van der Waals surface area (Å²) in [6.45, 7) is 4.44. The molecule has 0 fully saturated rings. The molecule has 1 nitrogen and oxygen atoms in total. The zero-order valence-corrected chi connectivity index (χ0v) is 13.5. The Morgan fingerprint density at radius 2 is 1.65 bits per heavy atom. The molecule has 0 atom stereocenters. The van der Waals surface area contributed by atoms with Gasteiger partial charge in [-0.05, 0) is 31.0 Å². The third kappa shape index (κ3) is 6.60. The fourth-order valence-corrected chi connectivity index (χ4v) is 2.62. The molecule has 0 bridgehead atoms. The summed E-state index contributed by atoms with van der Waals surface area (Å²) < 4.78 is 13.1. The van der Waals surface area contributed by atoms with E-state index in [9.17, 15) is 4.39 Å². The van der Waals surface area contributed by atoms with E-state index in [1.807, 2.05) is 0 Å². The number of anilines is 1. The van der Waals surface area contributed by atoms with Gasteiger partial charge in [0, 0.05) is 6.04 Å². The van der Waals surface area contributed by atoms with Crippen LogP contribution in [0.5, 0.6) is 0 Å². The summed E-state index contributed by atoms with van der Waals surface area (Å²) in [5.41, 5.74) is 0.853. The largest absolute Gasteiger partial charge is 0.381 e. The molecule has 0 aliphatic heterocycles. The van der Waals surface area contributed by atoms with Crippen LogP contribution in [0.15, 0.2) is 18.2 Å². The minimum atomic E-state index is -0.283. The molecule has 0 saturated heterocycles. The number of nitrogens with one attached hydrogen (secondary N) is 1. The van der Waals surface area contributed by atoms with E-state index < -0.39 is 0 Å². The molecule has 1 N–H and O–H groups in total. The van der Waals surface area contributed by atoms with Crippen LogP contribution < -0.4 is 5.32 Å². The maximum atomic E-state index is 13.1. The molecule has 1 aromatic carbocycles. The van der Waals surface area contributed by atoms with Crippen molar-refractivity contribution >= 4 is 17.3 Å². The lowest BCUT2D eigenvalue weighted by Gasteiger charge is -2.20. The van der Waals surface area contributed by atoms with Crippen molar-refractivity contribution in [3.8, 4) is 0 Å². The number of benzene rings is 1. The van der Waals surface area contributed by atoms with Gasteiger partial charge in [0.05, 0.1) is 10.7 Å². The van der Waals surface area contributed by atoms with Crippen LogP contribution in [-0.2, 0) is 0 Å². The smallest absolute Gasteiger partial charge is 0.124 e. The summed E-state index contributed by atoms with van der Waals surface area (Å²) >= 11 is 6.09. The second-order valence-corrected chi connectivity index (χ2v) is 5.86. The minimum absolute atomic E-state index is 0.283. The lowest BCUT2D eigenvalue weighted by atomic mass is 10.0. The van der Waals surface area contributed by atoms with Gasteiger partial charge in [0.15, 0.2) is 0 Å². The highest BCUT2D eigenvalue weighted by Gasteiger charge is 2.10. The van der Waals surface area contributed by atoms with E-state index in [1.165, 1.54) is 50.7 Å². The fraction of sp³-hybridized carbons (Fsp3) is 0.647. The molecule has 0 aliphatic carbocycles. The fourth-order valence-electron chi connectivity index (χ4n) is 2.40. The van der Waals surface area contributed by atoms with Crippen molar-refractivity contribution in [2.75, 3.05) is 5.32 Å². The van der Waals surface area contributed by atoms with Crippen molar-refractivity contribution in [2.24, 2.45) is 0 Å². The van der Waals surface area contributed by atoms with E-state index in [0.29, 0.717) is 11.1 Å². The van der Waals surface area contributed by atoms with Gasteiger partial charge in [-0.25, -0.2) is 4.39 Å². The van der Waals surface area contributed by atoms with Crippen molar-refractivity contribution in [2.45, 2.75) is 71.3 Å². The van der Waals surface area contributed by atoms with Gasteiger partial charge in [-0.2, -0.15) is 0 Å². The molecular weight excluding hydrogens is 273 g/mol. The SMILES string of the molecule is CCCCCC(CCCCC)Nc1ccc(F)cc1Cl. The molecular formula is C17H27ClFN. The Labute approximate surface area is 127 Å². The monoisotopic (exact) mass is 299 g/mol. The first-order valence-corrected chi connectivity index (χ1v) is 8.26. The zero-order chi connectivity index (χ0) is 14.8. The molecule has 0 amide bonds. The molecule has 0 heterocycles. The predicted octanol–water partition coefficient (Wildman–Crippen LogP) is 6.42. The summed E-state index contributed by atoms with van der Waals surface area (Å²) in [5, 5.41) is 3.97. The average molecular weight is 300 g/mol. The van der Waals surface area contributed by atoms with E-state index in [0.717, 1.165) is 18.5 Å². The third-order valence-corrected chi connectivity index (χ3v) is 3.92. The van der Waals surface area contributed by atoms with Crippen LogP contribution >= 0.6 is 11.6 Å². The molecule has 114 valence electrons. The second kappa shape index (κ2) is 10.0. The zero-order valence-electron chi connectivity index (χ0n) is 12.7. The molecule has 0 aliphatic rings. The molecule has 20 heavy (non-hydrogen) atoms. The first-order valence-electron chi connectivity index (χ1n) is 7.89. The van der Waals surface area contributed by atoms with E-state index >= 15 is 0 Å². The van der Waals surface area contributed by atoms with Crippen LogP contribution in [0.25, 0.3) is 0 Å². The Kier molecular flexibility index (Phi) is 8.68. The minimum Gasteiger partial charge on any atom is -0.381 e. The Hall–Kier alpha value is -0.760. The number of halogens is 2. The molecule has 1 aromatic rings. The standard InChI is InChI=1S/C17H27ClFN/c1-3-5-7-9-15(10-8-6-4-2)20-17-12-11-14(19)13-16(17)18/h11-13,15,20H,3-10H2,1-2H3. The van der Waals surface area contributed by atoms with Crippen LogP contribution in [0.2, 0.25) is 5.02 Å². The van der Waals surface area contributed by atoms with Gasteiger partial charge in [-0.15, -0.1) is 0 Å². The van der Waals surface area contributed by atoms with Crippen molar-refractivity contribution in [3.05, 3.63) is 29.0 Å². The molecule has 0 unspecified atom stereocenters. The molecule has 0 spiro atoms. The van der Waals surface area contributed by atoms with Gasteiger partial charge in [0.2, 0.25) is 0 Å². The normalized spacial score (nSPS) is 11.1. The number of unbranched alkanes of at least 4 members (excludes halogenated alkanes) is 4. The van der Waals surface area contributed by atoms with Crippen molar-refractivity contribution < 1.29 is 4.39 Å². The lowest BCUT2D eigenvalue weighted by Crippen LogP contribution is -2.19. The molecule has 3 heteroatoms. The summed E-state index contributed by atoms with van der Waals surface area (Å²) in [5.74, 6) is -0.283. The van der Waals surface area contributed by atoms with E-state index in [4.69, 9.17) is 11.6 Å². The predicted molar refractivity (Wildman–Crippen MR) is 87.1 cm³/mol. The first-order chi connectivity index (χ1) is 9.67. The van der Waals surface area contributed by atoms with Gasteiger partial charge < -0.3 is 5.32 Å². The van der Waals surface area contributed by atoms with Gasteiger partial charge in [0.1, 0.15) is 5.82 Å². The van der Waals surface area contributed by atoms with Crippen molar-refractivity contribution in [3.63, 3.8) is 0 Å². The van der Waals surface area contributed by atoms with Gasteiger partial charge in [0.25, 0.3) is 0 Å². The highest BCUT2D eigenvalue weighted by Crippen LogP contribution is 2.25. The van der Waals surface area contributed by atoms with Gasteiger partial charge in [-0.3, -0.25) is 0 Å². The van der Waals surface area contributed by atoms with E-state index in [-0.39, 0.29) is 5.82 Å². The second-order valence-electron chi connectivity index (χ2n) is 5.46. The van der Waals surface area contributed by atoms with Crippen LogP contribution in [0.1, 0.15) is 65.2 Å². The molecule has 0 radical (unpaired) electrons. The van der Waals surface area contributed by atoms with Crippen molar-refractivity contribution in [1.29, 1.82) is 0 Å². The highest BCUT2D eigenvalue weighted by molar-refractivity contribution is 6.33. The first kappa shape index (κ1) is 17.3. The summed E-state index contributed by atoms with van der Waals surface area (Å²) in [7, 11) is 0. The van der Waals surface area contributed by atoms with Gasteiger partial charge in [-0.1, -0.05) is 64.0 Å². The molecule has 1 rings (SSSR count). The maximum absolute atomic E-state index is 13.1. The summed E-state index contributed by atoms with van der Waals surface area (Å²) in [6, 6.07) is 5.02. The summed E-state index contributed by atoms with van der Waals surface area (Å²) in [4.78, 5) is 0. The Balaban J connectivity index is 2.56. The quantitative estimate of drug-likeness (QED) is 0.491. The van der Waals surface area contributed by atoms with E-state index in [1.54, 1.807) is 6.07 Å². The number of hydrogen-bond donors (Lipinski definition) is 1. The molecule has 0 aromatic heterocycles. The van der Waals surface area contributed by atoms with E-state index in [2.05, 4.69) is 19.2 Å². The Morgan fingerprint density at radius 3 is 2.15 bits per heavy atom. The molecule has 0 saturated carbocycles. The Bertz CT molecular complexity index is 371. The maximum Gasteiger partial charge on any atom is 0.124 e. The third-order valence-electron chi connectivity index (χ3n) is 3.60. The van der Waals surface area contributed by atoms with Crippen LogP contribution in [-0.4, -0.2) is 6.04 Å².